The maximum absolute atomic E-state index is 11.8. The average molecular weight is 299 g/mol. The smallest absolute Gasteiger partial charge is 0.274 e. The molecule has 1 fully saturated rings. The summed E-state index contributed by atoms with van der Waals surface area (Å²) in [6.45, 7) is 2.53. The Balaban J connectivity index is 2.19. The van der Waals surface area contributed by atoms with Gasteiger partial charge in [-0.3, -0.25) is 9.35 Å². The van der Waals surface area contributed by atoms with Crippen LogP contribution in [0.2, 0.25) is 0 Å². The molecule has 0 radical (unpaired) electrons. The van der Waals surface area contributed by atoms with E-state index in [-0.39, 0.29) is 18.2 Å². The second-order valence-electron chi connectivity index (χ2n) is 5.90. The molecule has 6 heteroatoms. The van der Waals surface area contributed by atoms with Crippen molar-refractivity contribution in [3.63, 3.8) is 0 Å². The second kappa shape index (κ2) is 5.33. The molecule has 0 aromatic carbocycles. The van der Waals surface area contributed by atoms with E-state index in [9.17, 15) is 17.8 Å². The standard InChI is InChI=1S/C14H21NO4S/c1-11-3-6-14(7-4-11,20(17,18)19)10-12-5-8-15(2)13(16)9-12/h3-4,6,12H,5,7-10H2,1-2H3,(H,17,18,19). The predicted octanol–water partition coefficient (Wildman–Crippen LogP) is 1.78. The van der Waals surface area contributed by atoms with Gasteiger partial charge in [-0.1, -0.05) is 23.8 Å². The fraction of sp³-hybridized carbons (Fsp3) is 0.643. The van der Waals surface area contributed by atoms with Crippen LogP contribution in [0.1, 0.15) is 32.6 Å². The van der Waals surface area contributed by atoms with Gasteiger partial charge in [-0.25, -0.2) is 0 Å². The number of allylic oxidation sites excluding steroid dienone is 3. The van der Waals surface area contributed by atoms with E-state index < -0.39 is 14.9 Å². The molecule has 1 aliphatic carbocycles. The zero-order chi connectivity index (χ0) is 15.0. The normalized spacial score (nSPS) is 31.4. The Morgan fingerprint density at radius 2 is 2.20 bits per heavy atom. The third-order valence-corrected chi connectivity index (χ3v) is 5.83. The molecule has 0 bridgehead atoms. The van der Waals surface area contributed by atoms with Crippen LogP contribution in [-0.2, 0) is 14.9 Å². The topological polar surface area (TPSA) is 74.7 Å². The van der Waals surface area contributed by atoms with Crippen LogP contribution >= 0.6 is 0 Å². The first-order valence-electron chi connectivity index (χ1n) is 6.80. The van der Waals surface area contributed by atoms with Crippen molar-refractivity contribution in [1.29, 1.82) is 0 Å². The van der Waals surface area contributed by atoms with Crippen LogP contribution in [0.4, 0.5) is 0 Å². The molecule has 1 amide bonds. The van der Waals surface area contributed by atoms with Crippen LogP contribution in [-0.4, -0.2) is 42.1 Å². The van der Waals surface area contributed by atoms with E-state index in [4.69, 9.17) is 0 Å². The average Bonchev–Trinajstić information content (AvgIpc) is 2.35. The van der Waals surface area contributed by atoms with Crippen molar-refractivity contribution in [2.45, 2.75) is 37.4 Å². The molecule has 0 aromatic rings. The molecule has 2 unspecified atom stereocenters. The Morgan fingerprint density at radius 3 is 2.70 bits per heavy atom. The first-order valence-corrected chi connectivity index (χ1v) is 8.24. The number of likely N-dealkylation sites (tertiary alicyclic amines) is 1. The molecule has 2 aliphatic rings. The minimum atomic E-state index is -4.20. The van der Waals surface area contributed by atoms with Gasteiger partial charge in [0.2, 0.25) is 5.91 Å². The summed E-state index contributed by atoms with van der Waals surface area (Å²) in [7, 11) is -2.44. The van der Waals surface area contributed by atoms with E-state index in [1.165, 1.54) is 0 Å². The highest BCUT2D eigenvalue weighted by Crippen LogP contribution is 2.37. The summed E-state index contributed by atoms with van der Waals surface area (Å²) in [6, 6.07) is 0. The van der Waals surface area contributed by atoms with E-state index >= 15 is 0 Å². The molecule has 5 nitrogen and oxygen atoms in total. The van der Waals surface area contributed by atoms with Crippen molar-refractivity contribution in [2.24, 2.45) is 5.92 Å². The van der Waals surface area contributed by atoms with Gasteiger partial charge in [-0.05, 0) is 32.1 Å². The van der Waals surface area contributed by atoms with E-state index in [0.29, 0.717) is 19.4 Å². The number of rotatable bonds is 3. The molecule has 112 valence electrons. The van der Waals surface area contributed by atoms with Gasteiger partial charge in [0.15, 0.2) is 0 Å². The maximum atomic E-state index is 11.8. The number of nitrogens with zero attached hydrogens (tertiary/aromatic N) is 1. The summed E-state index contributed by atoms with van der Waals surface area (Å²) in [4.78, 5) is 13.4. The molecule has 0 aromatic heterocycles. The Bertz CT molecular complexity index is 564. The van der Waals surface area contributed by atoms with Gasteiger partial charge in [0, 0.05) is 20.0 Å². The van der Waals surface area contributed by atoms with Gasteiger partial charge in [0.1, 0.15) is 4.75 Å². The number of piperidine rings is 1. The minimum absolute atomic E-state index is 0.00270. The zero-order valence-corrected chi connectivity index (χ0v) is 12.7. The van der Waals surface area contributed by atoms with E-state index in [1.54, 1.807) is 24.1 Å². The molecular weight excluding hydrogens is 278 g/mol. The summed E-state index contributed by atoms with van der Waals surface area (Å²) in [6.07, 6.45) is 6.83. The summed E-state index contributed by atoms with van der Waals surface area (Å²) in [5.74, 6) is 0.0373. The highest BCUT2D eigenvalue weighted by Gasteiger charge is 2.43. The molecule has 0 saturated carbocycles. The van der Waals surface area contributed by atoms with Gasteiger partial charge in [-0.15, -0.1) is 0 Å². The van der Waals surface area contributed by atoms with Crippen molar-refractivity contribution < 1.29 is 17.8 Å². The third-order valence-electron chi connectivity index (χ3n) is 4.33. The first kappa shape index (κ1) is 15.3. The monoisotopic (exact) mass is 299 g/mol. The van der Waals surface area contributed by atoms with E-state index in [0.717, 1.165) is 12.0 Å². The summed E-state index contributed by atoms with van der Waals surface area (Å²) < 4.78 is 32.0. The van der Waals surface area contributed by atoms with E-state index in [2.05, 4.69) is 0 Å². The van der Waals surface area contributed by atoms with Crippen LogP contribution in [0.3, 0.4) is 0 Å². The molecule has 1 aliphatic heterocycles. The van der Waals surface area contributed by atoms with Crippen molar-refractivity contribution in [1.82, 2.24) is 4.90 Å². The number of hydrogen-bond donors (Lipinski definition) is 1. The van der Waals surface area contributed by atoms with Crippen molar-refractivity contribution in [3.05, 3.63) is 23.8 Å². The lowest BCUT2D eigenvalue weighted by Gasteiger charge is -2.35. The summed E-state index contributed by atoms with van der Waals surface area (Å²) in [5.41, 5.74) is 0.990. The fourth-order valence-corrected chi connectivity index (χ4v) is 3.85. The quantitative estimate of drug-likeness (QED) is 0.806. The second-order valence-corrected chi connectivity index (χ2v) is 7.67. The van der Waals surface area contributed by atoms with Crippen LogP contribution in [0.5, 0.6) is 0 Å². The molecule has 1 N–H and O–H groups in total. The molecule has 0 spiro atoms. The van der Waals surface area contributed by atoms with Gasteiger partial charge < -0.3 is 4.90 Å². The molecule has 2 rings (SSSR count). The summed E-state index contributed by atoms with van der Waals surface area (Å²) in [5, 5.41) is 0. The van der Waals surface area contributed by atoms with Crippen molar-refractivity contribution in [2.75, 3.05) is 13.6 Å². The van der Waals surface area contributed by atoms with Gasteiger partial charge in [0.05, 0.1) is 0 Å². The minimum Gasteiger partial charge on any atom is -0.346 e. The largest absolute Gasteiger partial charge is 0.346 e. The number of carbonyl (C=O) groups excluding carboxylic acids is 1. The van der Waals surface area contributed by atoms with Crippen LogP contribution in [0, 0.1) is 5.92 Å². The zero-order valence-electron chi connectivity index (χ0n) is 11.9. The molecule has 20 heavy (non-hydrogen) atoms. The Labute approximate surface area is 120 Å². The fourth-order valence-electron chi connectivity index (χ4n) is 2.87. The lowest BCUT2D eigenvalue weighted by molar-refractivity contribution is -0.133. The number of amides is 1. The lowest BCUT2D eigenvalue weighted by Crippen LogP contribution is -2.43. The SMILES string of the molecule is CC1=CCC(CC2CCN(C)C(=O)C2)(S(=O)(=O)O)C=C1. The van der Waals surface area contributed by atoms with E-state index in [1.807, 2.05) is 13.0 Å². The van der Waals surface area contributed by atoms with Gasteiger partial charge in [-0.2, -0.15) is 8.42 Å². The van der Waals surface area contributed by atoms with Crippen molar-refractivity contribution in [3.8, 4) is 0 Å². The molecule has 2 atom stereocenters. The molecular formula is C14H21NO4S. The predicted molar refractivity (Wildman–Crippen MR) is 76.8 cm³/mol. The van der Waals surface area contributed by atoms with Crippen LogP contribution < -0.4 is 0 Å². The Kier molecular flexibility index (Phi) is 4.07. The number of hydrogen-bond acceptors (Lipinski definition) is 3. The Hall–Kier alpha value is -1.14. The Morgan fingerprint density at radius 1 is 1.50 bits per heavy atom. The highest BCUT2D eigenvalue weighted by atomic mass is 32.2. The molecule has 1 heterocycles. The van der Waals surface area contributed by atoms with Crippen LogP contribution in [0.15, 0.2) is 23.8 Å². The third kappa shape index (κ3) is 2.96. The number of carbonyl (C=O) groups is 1. The lowest BCUT2D eigenvalue weighted by atomic mass is 9.83. The van der Waals surface area contributed by atoms with Gasteiger partial charge >= 0.3 is 0 Å². The highest BCUT2D eigenvalue weighted by molar-refractivity contribution is 7.87. The first-order chi connectivity index (χ1) is 9.23. The summed E-state index contributed by atoms with van der Waals surface area (Å²) >= 11 is 0. The maximum Gasteiger partial charge on any atom is 0.274 e. The molecule has 1 saturated heterocycles. The van der Waals surface area contributed by atoms with Crippen molar-refractivity contribution >= 4 is 16.0 Å². The van der Waals surface area contributed by atoms with Crippen LogP contribution in [0.25, 0.3) is 0 Å². The van der Waals surface area contributed by atoms with Gasteiger partial charge in [0.25, 0.3) is 10.1 Å².